The van der Waals surface area contributed by atoms with E-state index in [2.05, 4.69) is 17.6 Å². The number of carbonyl (C=O) groups is 1. The lowest BCUT2D eigenvalue weighted by molar-refractivity contribution is -0.117. The number of benzene rings is 1. The van der Waals surface area contributed by atoms with E-state index in [1.54, 1.807) is 24.3 Å². The van der Waals surface area contributed by atoms with Crippen molar-refractivity contribution in [3.8, 4) is 0 Å². The van der Waals surface area contributed by atoms with Gasteiger partial charge in [-0.05, 0) is 68.5 Å². The normalized spacial score (nSPS) is 21.9. The van der Waals surface area contributed by atoms with Crippen LogP contribution in [0.4, 0.5) is 11.4 Å². The van der Waals surface area contributed by atoms with Crippen LogP contribution in [0.15, 0.2) is 24.3 Å². The zero-order chi connectivity index (χ0) is 17.9. The minimum atomic E-state index is -3.16. The highest BCUT2D eigenvalue weighted by atomic mass is 32.2. The van der Waals surface area contributed by atoms with Gasteiger partial charge in [-0.1, -0.05) is 6.92 Å². The number of sulfonamides is 1. The fourth-order valence-electron chi connectivity index (χ4n) is 3.72. The molecule has 0 spiro atoms. The van der Waals surface area contributed by atoms with Crippen molar-refractivity contribution in [2.75, 3.05) is 35.0 Å². The fourth-order valence-corrected chi connectivity index (χ4v) is 5.29. The summed E-state index contributed by atoms with van der Waals surface area (Å²) in [7, 11) is -3.16. The largest absolute Gasteiger partial charge is 0.326 e. The first-order valence-electron chi connectivity index (χ1n) is 9.07. The molecule has 2 aliphatic rings. The summed E-state index contributed by atoms with van der Waals surface area (Å²) in [6, 6.07) is 7.07. The minimum Gasteiger partial charge on any atom is -0.326 e. The molecule has 25 heavy (non-hydrogen) atoms. The van der Waals surface area contributed by atoms with E-state index in [9.17, 15) is 13.2 Å². The summed E-state index contributed by atoms with van der Waals surface area (Å²) in [5.74, 6) is 1.21. The lowest BCUT2D eigenvalue weighted by atomic mass is 9.84. The lowest BCUT2D eigenvalue weighted by Crippen LogP contribution is -2.32. The predicted octanol–water partition coefficient (Wildman–Crippen LogP) is 2.19. The van der Waals surface area contributed by atoms with E-state index in [1.807, 2.05) is 0 Å². The van der Waals surface area contributed by atoms with E-state index >= 15 is 0 Å². The number of rotatable bonds is 5. The smallest absolute Gasteiger partial charge is 0.235 e. The molecule has 1 amide bonds. The van der Waals surface area contributed by atoms with Gasteiger partial charge in [0.15, 0.2) is 0 Å². The molecular formula is C18H27N3O3S. The van der Waals surface area contributed by atoms with Crippen molar-refractivity contribution >= 4 is 27.3 Å². The van der Waals surface area contributed by atoms with Crippen LogP contribution in [0.2, 0.25) is 0 Å². The van der Waals surface area contributed by atoms with Crippen LogP contribution in [0.25, 0.3) is 0 Å². The maximum Gasteiger partial charge on any atom is 0.235 e. The van der Waals surface area contributed by atoms with Crippen LogP contribution in [0, 0.1) is 11.8 Å². The van der Waals surface area contributed by atoms with Crippen LogP contribution in [-0.2, 0) is 14.8 Å². The standard InChI is InChI=1S/C18H27N3O3S/c1-14(15-7-9-19-10-8-15)13-18(22)20-16-3-5-17(6-4-16)21-11-2-12-25(21,23)24/h3-6,14-15,19H,2,7-13H2,1H3,(H,20,22). The molecule has 1 unspecified atom stereocenters. The van der Waals surface area contributed by atoms with Gasteiger partial charge in [-0.25, -0.2) is 8.42 Å². The highest BCUT2D eigenvalue weighted by Crippen LogP contribution is 2.27. The zero-order valence-electron chi connectivity index (χ0n) is 14.7. The van der Waals surface area contributed by atoms with E-state index in [0.29, 0.717) is 42.6 Å². The molecule has 138 valence electrons. The molecule has 0 saturated carbocycles. The summed E-state index contributed by atoms with van der Waals surface area (Å²) in [5, 5.41) is 6.28. The molecule has 0 bridgehead atoms. The second kappa shape index (κ2) is 7.74. The molecule has 2 aliphatic heterocycles. The van der Waals surface area contributed by atoms with Crippen LogP contribution in [-0.4, -0.2) is 39.7 Å². The Morgan fingerprint density at radius 2 is 1.96 bits per heavy atom. The van der Waals surface area contributed by atoms with Gasteiger partial charge in [0.1, 0.15) is 0 Å². The number of nitrogens with one attached hydrogen (secondary N) is 2. The van der Waals surface area contributed by atoms with Crippen LogP contribution in [0.1, 0.15) is 32.6 Å². The maximum atomic E-state index is 12.3. The molecular weight excluding hydrogens is 338 g/mol. The number of carbonyl (C=O) groups excluding carboxylic acids is 1. The average molecular weight is 365 g/mol. The molecule has 7 heteroatoms. The second-order valence-electron chi connectivity index (χ2n) is 7.11. The molecule has 0 radical (unpaired) electrons. The van der Waals surface area contributed by atoms with Crippen molar-refractivity contribution in [1.29, 1.82) is 0 Å². The molecule has 2 heterocycles. The van der Waals surface area contributed by atoms with Crippen LogP contribution in [0.5, 0.6) is 0 Å². The van der Waals surface area contributed by atoms with E-state index < -0.39 is 10.0 Å². The fraction of sp³-hybridized carbons (Fsp3) is 0.611. The van der Waals surface area contributed by atoms with Gasteiger partial charge in [0, 0.05) is 18.7 Å². The zero-order valence-corrected chi connectivity index (χ0v) is 15.5. The van der Waals surface area contributed by atoms with Gasteiger partial charge in [-0.15, -0.1) is 0 Å². The Bertz CT molecular complexity index is 697. The third-order valence-corrected chi connectivity index (χ3v) is 7.10. The molecule has 1 atom stereocenters. The third-order valence-electron chi connectivity index (χ3n) is 5.23. The molecule has 1 aromatic carbocycles. The first-order valence-corrected chi connectivity index (χ1v) is 10.7. The molecule has 2 fully saturated rings. The number of piperidine rings is 1. The molecule has 0 aliphatic carbocycles. The Morgan fingerprint density at radius 1 is 1.28 bits per heavy atom. The van der Waals surface area contributed by atoms with Gasteiger partial charge in [-0.3, -0.25) is 9.10 Å². The van der Waals surface area contributed by atoms with Crippen molar-refractivity contribution in [3.63, 3.8) is 0 Å². The second-order valence-corrected chi connectivity index (χ2v) is 9.12. The third kappa shape index (κ3) is 4.52. The van der Waals surface area contributed by atoms with Crippen LogP contribution < -0.4 is 14.9 Å². The summed E-state index contributed by atoms with van der Waals surface area (Å²) in [4.78, 5) is 12.3. The van der Waals surface area contributed by atoms with E-state index in [1.165, 1.54) is 4.31 Å². The molecule has 2 saturated heterocycles. The maximum absolute atomic E-state index is 12.3. The SMILES string of the molecule is CC(CC(=O)Nc1ccc(N2CCCS2(=O)=O)cc1)C1CCNCC1. The van der Waals surface area contributed by atoms with Gasteiger partial charge in [0.2, 0.25) is 15.9 Å². The number of nitrogens with zero attached hydrogens (tertiary/aromatic N) is 1. The monoisotopic (exact) mass is 365 g/mol. The predicted molar refractivity (Wildman–Crippen MR) is 100 cm³/mol. The van der Waals surface area contributed by atoms with Crippen LogP contribution in [0.3, 0.4) is 0 Å². The summed E-state index contributed by atoms with van der Waals surface area (Å²) in [6.07, 6.45) is 3.45. The first kappa shape index (κ1) is 18.2. The average Bonchev–Trinajstić information content (AvgIpc) is 2.95. The molecule has 2 N–H and O–H groups in total. The summed E-state index contributed by atoms with van der Waals surface area (Å²) >= 11 is 0. The Balaban J connectivity index is 1.55. The van der Waals surface area contributed by atoms with Crippen molar-refractivity contribution in [1.82, 2.24) is 5.32 Å². The summed E-state index contributed by atoms with van der Waals surface area (Å²) in [5.41, 5.74) is 1.38. The Labute approximate surface area is 150 Å². The van der Waals surface area contributed by atoms with E-state index in [0.717, 1.165) is 25.9 Å². The number of anilines is 2. The number of amides is 1. The van der Waals surface area contributed by atoms with Crippen molar-refractivity contribution < 1.29 is 13.2 Å². The molecule has 3 rings (SSSR count). The van der Waals surface area contributed by atoms with E-state index in [4.69, 9.17) is 0 Å². The van der Waals surface area contributed by atoms with Gasteiger partial charge >= 0.3 is 0 Å². The highest BCUT2D eigenvalue weighted by Gasteiger charge is 2.28. The Hall–Kier alpha value is -1.60. The topological polar surface area (TPSA) is 78.5 Å². The van der Waals surface area contributed by atoms with Crippen molar-refractivity contribution in [2.24, 2.45) is 11.8 Å². The number of hydrogen-bond donors (Lipinski definition) is 2. The summed E-state index contributed by atoms with van der Waals surface area (Å²) in [6.45, 7) is 4.76. The summed E-state index contributed by atoms with van der Waals surface area (Å²) < 4.78 is 25.3. The van der Waals surface area contributed by atoms with Crippen molar-refractivity contribution in [2.45, 2.75) is 32.6 Å². The minimum absolute atomic E-state index is 0.0209. The molecule has 6 nitrogen and oxygen atoms in total. The van der Waals surface area contributed by atoms with Gasteiger partial charge in [0.25, 0.3) is 0 Å². The molecule has 0 aromatic heterocycles. The quantitative estimate of drug-likeness (QED) is 0.838. The number of hydrogen-bond acceptors (Lipinski definition) is 4. The lowest BCUT2D eigenvalue weighted by Gasteiger charge is -2.27. The van der Waals surface area contributed by atoms with Gasteiger partial charge in [-0.2, -0.15) is 0 Å². The van der Waals surface area contributed by atoms with E-state index in [-0.39, 0.29) is 11.7 Å². The highest BCUT2D eigenvalue weighted by molar-refractivity contribution is 7.93. The van der Waals surface area contributed by atoms with Gasteiger partial charge < -0.3 is 10.6 Å². The Kier molecular flexibility index (Phi) is 5.64. The van der Waals surface area contributed by atoms with Gasteiger partial charge in [0.05, 0.1) is 11.4 Å². The Morgan fingerprint density at radius 3 is 2.56 bits per heavy atom. The molecule has 1 aromatic rings. The van der Waals surface area contributed by atoms with Crippen molar-refractivity contribution in [3.05, 3.63) is 24.3 Å². The van der Waals surface area contributed by atoms with Crippen LogP contribution >= 0.6 is 0 Å². The first-order chi connectivity index (χ1) is 12.0.